The lowest BCUT2D eigenvalue weighted by Crippen LogP contribution is -1.96. The average molecular weight is 168 g/mol. The minimum Gasteiger partial charge on any atom is -0.478 e. The van der Waals surface area contributed by atoms with E-state index in [1.165, 1.54) is 6.42 Å². The largest absolute Gasteiger partial charge is 0.478 e. The Balaban J connectivity index is 3.47. The first-order valence-electron chi connectivity index (χ1n) is 4.24. The fraction of sp³-hybridized carbons (Fsp3) is 0.500. The quantitative estimate of drug-likeness (QED) is 0.376. The summed E-state index contributed by atoms with van der Waals surface area (Å²) in [6.45, 7) is 5.55. The van der Waals surface area contributed by atoms with Gasteiger partial charge in [-0.2, -0.15) is 0 Å². The molecule has 0 fully saturated rings. The Bertz CT molecular complexity index is 180. The molecule has 0 aliphatic carbocycles. The number of carboxylic acid groups (broad SMARTS) is 1. The molecule has 2 nitrogen and oxygen atoms in total. The normalized spacial score (nSPS) is 10.4. The number of hydrogen-bond donors (Lipinski definition) is 1. The number of unbranched alkanes of at least 4 members (excludes halogenated alkanes) is 2. The molecule has 0 aromatic carbocycles. The van der Waals surface area contributed by atoms with Crippen LogP contribution < -0.4 is 0 Å². The first-order valence-corrected chi connectivity index (χ1v) is 4.24. The van der Waals surface area contributed by atoms with Gasteiger partial charge in [-0.15, -0.1) is 0 Å². The van der Waals surface area contributed by atoms with Gasteiger partial charge in [0.05, 0.1) is 0 Å². The van der Waals surface area contributed by atoms with Gasteiger partial charge in [0.25, 0.3) is 0 Å². The van der Waals surface area contributed by atoms with Crippen molar-refractivity contribution in [1.29, 1.82) is 0 Å². The van der Waals surface area contributed by atoms with Crippen LogP contribution in [0.1, 0.15) is 32.6 Å². The summed E-state index contributed by atoms with van der Waals surface area (Å²) in [5.41, 5.74) is 0.253. The molecule has 0 bridgehead atoms. The molecular weight excluding hydrogens is 152 g/mol. The van der Waals surface area contributed by atoms with Gasteiger partial charge in [0.15, 0.2) is 0 Å². The predicted molar refractivity (Wildman–Crippen MR) is 50.1 cm³/mol. The third-order valence-corrected chi connectivity index (χ3v) is 1.56. The zero-order valence-electron chi connectivity index (χ0n) is 7.55. The summed E-state index contributed by atoms with van der Waals surface area (Å²) < 4.78 is 0. The summed E-state index contributed by atoms with van der Waals surface area (Å²) in [5.74, 6) is -0.907. The second kappa shape index (κ2) is 6.65. The topological polar surface area (TPSA) is 37.3 Å². The highest BCUT2D eigenvalue weighted by molar-refractivity contribution is 5.85. The monoisotopic (exact) mass is 168 g/mol. The molecule has 0 aromatic heterocycles. The molecule has 68 valence electrons. The van der Waals surface area contributed by atoms with E-state index in [0.717, 1.165) is 12.8 Å². The molecule has 1 N–H and O–H groups in total. The lowest BCUT2D eigenvalue weighted by molar-refractivity contribution is -0.132. The van der Waals surface area contributed by atoms with Crippen LogP contribution >= 0.6 is 0 Å². The van der Waals surface area contributed by atoms with E-state index in [9.17, 15) is 4.79 Å². The van der Waals surface area contributed by atoms with Crippen LogP contribution in [0.2, 0.25) is 0 Å². The number of carbonyl (C=O) groups is 1. The maximum Gasteiger partial charge on any atom is 0.331 e. The van der Waals surface area contributed by atoms with Crippen molar-refractivity contribution in [2.24, 2.45) is 0 Å². The molecule has 0 unspecified atom stereocenters. The van der Waals surface area contributed by atoms with E-state index in [2.05, 4.69) is 13.5 Å². The van der Waals surface area contributed by atoms with Crippen molar-refractivity contribution < 1.29 is 9.90 Å². The zero-order chi connectivity index (χ0) is 9.40. The highest BCUT2D eigenvalue weighted by Crippen LogP contribution is 2.01. The van der Waals surface area contributed by atoms with Crippen LogP contribution in [0.25, 0.3) is 0 Å². The van der Waals surface area contributed by atoms with Crippen molar-refractivity contribution in [3.8, 4) is 0 Å². The molecule has 0 atom stereocenters. The Hall–Kier alpha value is -1.05. The molecule has 0 aromatic rings. The first-order chi connectivity index (χ1) is 5.68. The van der Waals surface area contributed by atoms with Crippen LogP contribution in [0.3, 0.4) is 0 Å². The van der Waals surface area contributed by atoms with Gasteiger partial charge in [-0.25, -0.2) is 4.79 Å². The van der Waals surface area contributed by atoms with E-state index in [0.29, 0.717) is 6.42 Å². The third kappa shape index (κ3) is 5.71. The molecule has 0 rings (SSSR count). The van der Waals surface area contributed by atoms with E-state index in [1.807, 2.05) is 12.2 Å². The minimum absolute atomic E-state index is 0.253. The van der Waals surface area contributed by atoms with E-state index in [1.54, 1.807) is 0 Å². The molecular formula is C10H16O2. The van der Waals surface area contributed by atoms with Crippen LogP contribution in [-0.4, -0.2) is 11.1 Å². The molecule has 0 saturated heterocycles. The van der Waals surface area contributed by atoms with Crippen molar-refractivity contribution >= 4 is 5.97 Å². The van der Waals surface area contributed by atoms with E-state index in [4.69, 9.17) is 5.11 Å². The molecule has 0 heterocycles. The Morgan fingerprint density at radius 1 is 1.50 bits per heavy atom. The van der Waals surface area contributed by atoms with Gasteiger partial charge in [0.1, 0.15) is 0 Å². The number of allylic oxidation sites excluding steroid dienone is 2. The van der Waals surface area contributed by atoms with Gasteiger partial charge < -0.3 is 5.11 Å². The second-order valence-corrected chi connectivity index (χ2v) is 2.73. The first kappa shape index (κ1) is 11.0. The van der Waals surface area contributed by atoms with Crippen LogP contribution in [0.5, 0.6) is 0 Å². The van der Waals surface area contributed by atoms with Gasteiger partial charge in [-0.05, 0) is 12.8 Å². The smallest absolute Gasteiger partial charge is 0.331 e. The SMILES string of the molecule is C=C(CC=CCCCC)C(=O)O. The van der Waals surface area contributed by atoms with Crippen molar-refractivity contribution in [3.05, 3.63) is 24.3 Å². The van der Waals surface area contributed by atoms with Crippen molar-refractivity contribution in [3.63, 3.8) is 0 Å². The molecule has 0 aliphatic rings. The molecule has 0 radical (unpaired) electrons. The summed E-state index contributed by atoms with van der Waals surface area (Å²) in [6, 6.07) is 0. The van der Waals surface area contributed by atoms with Crippen LogP contribution in [0.15, 0.2) is 24.3 Å². The lowest BCUT2D eigenvalue weighted by Gasteiger charge is -1.92. The third-order valence-electron chi connectivity index (χ3n) is 1.56. The Morgan fingerprint density at radius 2 is 2.17 bits per heavy atom. The van der Waals surface area contributed by atoms with E-state index >= 15 is 0 Å². The number of aliphatic carboxylic acids is 1. The summed E-state index contributed by atoms with van der Waals surface area (Å²) >= 11 is 0. The molecule has 0 amide bonds. The van der Waals surface area contributed by atoms with Crippen molar-refractivity contribution in [2.45, 2.75) is 32.6 Å². The molecule has 0 aliphatic heterocycles. The number of hydrogen-bond acceptors (Lipinski definition) is 1. The maximum absolute atomic E-state index is 10.3. The summed E-state index contributed by atoms with van der Waals surface area (Å²) in [7, 11) is 0. The fourth-order valence-electron chi connectivity index (χ4n) is 0.753. The highest BCUT2D eigenvalue weighted by atomic mass is 16.4. The van der Waals surface area contributed by atoms with Crippen LogP contribution in [-0.2, 0) is 4.79 Å². The molecule has 0 spiro atoms. The lowest BCUT2D eigenvalue weighted by atomic mass is 10.2. The van der Waals surface area contributed by atoms with E-state index < -0.39 is 5.97 Å². The van der Waals surface area contributed by atoms with Crippen LogP contribution in [0.4, 0.5) is 0 Å². The number of rotatable bonds is 6. The summed E-state index contributed by atoms with van der Waals surface area (Å²) in [4.78, 5) is 10.3. The van der Waals surface area contributed by atoms with Crippen molar-refractivity contribution in [1.82, 2.24) is 0 Å². The number of carboxylic acids is 1. The molecule has 0 saturated carbocycles. The standard InChI is InChI=1S/C10H16O2/c1-3-4-5-6-7-8-9(2)10(11)12/h6-7H,2-5,8H2,1H3,(H,11,12). The van der Waals surface area contributed by atoms with Gasteiger partial charge in [-0.1, -0.05) is 38.5 Å². The fourth-order valence-corrected chi connectivity index (χ4v) is 0.753. The van der Waals surface area contributed by atoms with E-state index in [-0.39, 0.29) is 5.57 Å². The van der Waals surface area contributed by atoms with Gasteiger partial charge in [0.2, 0.25) is 0 Å². The molecule has 12 heavy (non-hydrogen) atoms. The van der Waals surface area contributed by atoms with Crippen LogP contribution in [0, 0.1) is 0 Å². The molecule has 2 heteroatoms. The van der Waals surface area contributed by atoms with Gasteiger partial charge in [-0.3, -0.25) is 0 Å². The van der Waals surface area contributed by atoms with Crippen molar-refractivity contribution in [2.75, 3.05) is 0 Å². The Morgan fingerprint density at radius 3 is 2.67 bits per heavy atom. The second-order valence-electron chi connectivity index (χ2n) is 2.73. The predicted octanol–water partition coefficient (Wildman–Crippen LogP) is 2.76. The van der Waals surface area contributed by atoms with Gasteiger partial charge in [0, 0.05) is 5.57 Å². The minimum atomic E-state index is -0.907. The zero-order valence-corrected chi connectivity index (χ0v) is 7.55. The Labute approximate surface area is 73.6 Å². The average Bonchev–Trinajstić information content (AvgIpc) is 2.03. The highest BCUT2D eigenvalue weighted by Gasteiger charge is 1.98. The summed E-state index contributed by atoms with van der Waals surface area (Å²) in [6.07, 6.45) is 7.70. The Kier molecular flexibility index (Phi) is 6.07. The maximum atomic E-state index is 10.3. The van der Waals surface area contributed by atoms with Gasteiger partial charge >= 0.3 is 5.97 Å². The summed E-state index contributed by atoms with van der Waals surface area (Å²) in [5, 5.41) is 8.45.